The topological polar surface area (TPSA) is 63.4 Å². The predicted octanol–water partition coefficient (Wildman–Crippen LogP) is 0.253. The van der Waals surface area contributed by atoms with Gasteiger partial charge < -0.3 is 5.73 Å². The van der Waals surface area contributed by atoms with E-state index < -0.39 is 10.0 Å². The summed E-state index contributed by atoms with van der Waals surface area (Å²) < 4.78 is 24.3. The van der Waals surface area contributed by atoms with E-state index in [9.17, 15) is 8.42 Å². The van der Waals surface area contributed by atoms with Crippen LogP contribution in [0.25, 0.3) is 0 Å². The van der Waals surface area contributed by atoms with Crippen molar-refractivity contribution >= 4 is 10.0 Å². The minimum atomic E-state index is -3.14. The third kappa shape index (κ3) is 5.23. The number of nitrogens with two attached hydrogens (primary N) is 1. The normalized spacial score (nSPS) is 13.7. The zero-order valence-electron chi connectivity index (χ0n) is 8.87. The maximum atomic E-state index is 11.5. The van der Waals surface area contributed by atoms with Crippen LogP contribution in [0.1, 0.15) is 20.8 Å². The maximum absolute atomic E-state index is 11.5. The molecule has 13 heavy (non-hydrogen) atoms. The van der Waals surface area contributed by atoms with Crippen LogP contribution in [0.5, 0.6) is 0 Å². The average Bonchev–Trinajstić information content (AvgIpc) is 1.82. The van der Waals surface area contributed by atoms with E-state index in [1.54, 1.807) is 7.05 Å². The molecule has 0 saturated carbocycles. The Morgan fingerprint density at radius 3 is 2.08 bits per heavy atom. The van der Waals surface area contributed by atoms with E-state index >= 15 is 0 Å². The number of rotatable bonds is 4. The molecular formula is C8H20N2O2S. The molecule has 5 heteroatoms. The first kappa shape index (κ1) is 12.9. The summed E-state index contributed by atoms with van der Waals surface area (Å²) in [5.41, 5.74) is 5.19. The first-order chi connectivity index (χ1) is 5.69. The highest BCUT2D eigenvalue weighted by Crippen LogP contribution is 2.15. The number of sulfonamides is 1. The van der Waals surface area contributed by atoms with Crippen molar-refractivity contribution in [3.05, 3.63) is 0 Å². The molecule has 0 spiro atoms. The van der Waals surface area contributed by atoms with Gasteiger partial charge in [-0.05, 0) is 5.41 Å². The maximum Gasteiger partial charge on any atom is 0.215 e. The van der Waals surface area contributed by atoms with Gasteiger partial charge in [-0.15, -0.1) is 0 Å². The van der Waals surface area contributed by atoms with Crippen LogP contribution in [0, 0.1) is 5.41 Å². The van der Waals surface area contributed by atoms with Crippen LogP contribution in [0.2, 0.25) is 0 Å². The monoisotopic (exact) mass is 208 g/mol. The molecule has 0 aliphatic rings. The summed E-state index contributed by atoms with van der Waals surface area (Å²) >= 11 is 0. The molecule has 0 aliphatic carbocycles. The molecule has 0 unspecified atom stereocenters. The van der Waals surface area contributed by atoms with Gasteiger partial charge in [-0.3, -0.25) is 0 Å². The minimum absolute atomic E-state index is 0.0174. The van der Waals surface area contributed by atoms with E-state index in [4.69, 9.17) is 5.73 Å². The second-order valence-electron chi connectivity index (χ2n) is 4.42. The molecule has 0 aromatic rings. The highest BCUT2D eigenvalue weighted by molar-refractivity contribution is 7.89. The van der Waals surface area contributed by atoms with Crippen molar-refractivity contribution in [2.24, 2.45) is 11.1 Å². The Labute approximate surface area is 81.2 Å². The van der Waals surface area contributed by atoms with Gasteiger partial charge in [0.15, 0.2) is 0 Å². The van der Waals surface area contributed by atoms with Crippen molar-refractivity contribution in [1.29, 1.82) is 0 Å². The van der Waals surface area contributed by atoms with Crippen LogP contribution in [-0.2, 0) is 10.0 Å². The molecule has 2 N–H and O–H groups in total. The van der Waals surface area contributed by atoms with E-state index in [1.165, 1.54) is 4.31 Å². The van der Waals surface area contributed by atoms with Gasteiger partial charge in [0, 0.05) is 20.1 Å². The van der Waals surface area contributed by atoms with Gasteiger partial charge in [0.1, 0.15) is 0 Å². The van der Waals surface area contributed by atoms with Gasteiger partial charge in [-0.2, -0.15) is 0 Å². The molecule has 0 heterocycles. The van der Waals surface area contributed by atoms with Crippen LogP contribution in [0.3, 0.4) is 0 Å². The third-order valence-corrected chi connectivity index (χ3v) is 3.38. The lowest BCUT2D eigenvalue weighted by Crippen LogP contribution is -2.37. The fraction of sp³-hybridized carbons (Fsp3) is 1.00. The van der Waals surface area contributed by atoms with Crippen molar-refractivity contribution in [3.63, 3.8) is 0 Å². The summed E-state index contributed by atoms with van der Waals surface area (Å²) in [6.07, 6.45) is 0. The fourth-order valence-electron chi connectivity index (χ4n) is 1.07. The van der Waals surface area contributed by atoms with Gasteiger partial charge in [0.05, 0.1) is 5.75 Å². The Morgan fingerprint density at radius 2 is 1.77 bits per heavy atom. The highest BCUT2D eigenvalue weighted by atomic mass is 32.2. The Bertz CT molecular complexity index is 241. The van der Waals surface area contributed by atoms with Crippen molar-refractivity contribution < 1.29 is 8.42 Å². The summed E-state index contributed by atoms with van der Waals surface area (Å²) in [5, 5.41) is 0. The van der Waals surface area contributed by atoms with E-state index in [0.29, 0.717) is 6.54 Å². The molecule has 0 amide bonds. The summed E-state index contributed by atoms with van der Waals surface area (Å²) in [6, 6.07) is 0. The fourth-order valence-corrected chi connectivity index (χ4v) is 2.26. The Balaban J connectivity index is 4.35. The summed E-state index contributed by atoms with van der Waals surface area (Å²) in [7, 11) is -1.54. The average molecular weight is 208 g/mol. The zero-order chi connectivity index (χ0) is 10.7. The molecule has 0 aliphatic heterocycles. The lowest BCUT2D eigenvalue weighted by molar-refractivity contribution is 0.311. The molecule has 0 saturated heterocycles. The first-order valence-corrected chi connectivity index (χ1v) is 5.94. The predicted molar refractivity (Wildman–Crippen MR) is 54.9 cm³/mol. The smallest absolute Gasteiger partial charge is 0.215 e. The van der Waals surface area contributed by atoms with Gasteiger partial charge in [0.25, 0.3) is 0 Å². The van der Waals surface area contributed by atoms with Crippen LogP contribution in [0.15, 0.2) is 0 Å². The minimum Gasteiger partial charge on any atom is -0.329 e. The lowest BCUT2D eigenvalue weighted by Gasteiger charge is -2.25. The van der Waals surface area contributed by atoms with E-state index in [1.807, 2.05) is 20.8 Å². The van der Waals surface area contributed by atoms with Crippen molar-refractivity contribution in [3.8, 4) is 0 Å². The molecule has 80 valence electrons. The quantitative estimate of drug-likeness (QED) is 0.720. The SMILES string of the molecule is CN(CC(C)(C)C)S(=O)(=O)CCN. The Hall–Kier alpha value is -0.130. The summed E-state index contributed by atoms with van der Waals surface area (Å²) in [5.74, 6) is 0.0274. The second-order valence-corrected chi connectivity index (χ2v) is 6.62. The Morgan fingerprint density at radius 1 is 1.31 bits per heavy atom. The number of nitrogens with zero attached hydrogens (tertiary/aromatic N) is 1. The number of hydrogen-bond donors (Lipinski definition) is 1. The third-order valence-electron chi connectivity index (χ3n) is 1.55. The largest absolute Gasteiger partial charge is 0.329 e. The van der Waals surface area contributed by atoms with Crippen LogP contribution >= 0.6 is 0 Å². The molecular weight excluding hydrogens is 188 g/mol. The lowest BCUT2D eigenvalue weighted by atomic mass is 9.97. The van der Waals surface area contributed by atoms with Gasteiger partial charge in [-0.25, -0.2) is 12.7 Å². The number of hydrogen-bond acceptors (Lipinski definition) is 3. The van der Waals surface area contributed by atoms with E-state index in [0.717, 1.165) is 0 Å². The molecule has 0 atom stereocenters. The standard InChI is InChI=1S/C8H20N2O2S/c1-8(2,3)7-10(4)13(11,12)6-5-9/h5-7,9H2,1-4H3. The highest BCUT2D eigenvalue weighted by Gasteiger charge is 2.22. The molecule has 0 radical (unpaired) electrons. The molecule has 0 aromatic carbocycles. The van der Waals surface area contributed by atoms with E-state index in [-0.39, 0.29) is 17.7 Å². The zero-order valence-corrected chi connectivity index (χ0v) is 9.69. The first-order valence-electron chi connectivity index (χ1n) is 4.33. The Kier molecular flexibility index (Phi) is 4.35. The van der Waals surface area contributed by atoms with Crippen LogP contribution < -0.4 is 5.73 Å². The van der Waals surface area contributed by atoms with Gasteiger partial charge >= 0.3 is 0 Å². The molecule has 0 bridgehead atoms. The van der Waals surface area contributed by atoms with Gasteiger partial charge in [0.2, 0.25) is 10.0 Å². The van der Waals surface area contributed by atoms with E-state index in [2.05, 4.69) is 0 Å². The van der Waals surface area contributed by atoms with Gasteiger partial charge in [-0.1, -0.05) is 20.8 Å². The summed E-state index contributed by atoms with van der Waals surface area (Å²) in [6.45, 7) is 6.70. The molecule has 0 fully saturated rings. The van der Waals surface area contributed by atoms with Crippen molar-refractivity contribution in [2.75, 3.05) is 25.9 Å². The van der Waals surface area contributed by atoms with Crippen LogP contribution in [-0.4, -0.2) is 38.6 Å². The molecule has 0 rings (SSSR count). The van der Waals surface area contributed by atoms with Crippen LogP contribution in [0.4, 0.5) is 0 Å². The molecule has 0 aromatic heterocycles. The second kappa shape index (κ2) is 4.39. The van der Waals surface area contributed by atoms with Crippen molar-refractivity contribution in [1.82, 2.24) is 4.31 Å². The summed E-state index contributed by atoms with van der Waals surface area (Å²) in [4.78, 5) is 0. The van der Waals surface area contributed by atoms with Crippen molar-refractivity contribution in [2.45, 2.75) is 20.8 Å². The molecule has 4 nitrogen and oxygen atoms in total.